The van der Waals surface area contributed by atoms with Crippen molar-refractivity contribution >= 4 is 17.2 Å². The number of amides is 1. The lowest BCUT2D eigenvalue weighted by atomic mass is 10.2. The third-order valence-corrected chi connectivity index (χ3v) is 4.03. The van der Waals surface area contributed by atoms with E-state index in [-0.39, 0.29) is 12.0 Å². The van der Waals surface area contributed by atoms with Crippen molar-refractivity contribution in [1.82, 2.24) is 10.6 Å². The molecule has 1 unspecified atom stereocenters. The van der Waals surface area contributed by atoms with Gasteiger partial charge in [-0.2, -0.15) is 0 Å². The van der Waals surface area contributed by atoms with Gasteiger partial charge in [-0.25, -0.2) is 0 Å². The maximum atomic E-state index is 11.8. The van der Waals surface area contributed by atoms with Gasteiger partial charge in [0.15, 0.2) is 0 Å². The molecule has 0 radical (unpaired) electrons. The Hall–Kier alpha value is -0.910. The van der Waals surface area contributed by atoms with E-state index in [1.807, 2.05) is 0 Å². The fourth-order valence-electron chi connectivity index (χ4n) is 1.76. The van der Waals surface area contributed by atoms with Crippen LogP contribution in [-0.2, 0) is 16.1 Å². The molecule has 1 aromatic heterocycles. The molecular weight excluding hydrogens is 236 g/mol. The largest absolute Gasteiger partial charge is 0.366 e. The topological polar surface area (TPSA) is 50.4 Å². The molecule has 5 heteroatoms. The molecule has 4 nitrogen and oxygen atoms in total. The molecule has 2 heterocycles. The number of aryl methyl sites for hydroxylation is 2. The molecule has 0 aliphatic carbocycles. The molecule has 2 N–H and O–H groups in total. The molecule has 1 atom stereocenters. The predicted octanol–water partition coefficient (Wildman–Crippen LogP) is 0.970. The van der Waals surface area contributed by atoms with Crippen LogP contribution in [0.15, 0.2) is 6.07 Å². The van der Waals surface area contributed by atoms with Gasteiger partial charge in [0.05, 0.1) is 13.2 Å². The average molecular weight is 254 g/mol. The maximum Gasteiger partial charge on any atom is 0.250 e. The molecule has 0 aromatic carbocycles. The first-order valence-electron chi connectivity index (χ1n) is 5.83. The Morgan fingerprint density at radius 3 is 3.06 bits per heavy atom. The Kier molecular flexibility index (Phi) is 4.15. The molecule has 0 bridgehead atoms. The lowest BCUT2D eigenvalue weighted by Crippen LogP contribution is -2.47. The Labute approximate surface area is 105 Å². The minimum atomic E-state index is -0.342. The second-order valence-electron chi connectivity index (χ2n) is 4.23. The summed E-state index contributed by atoms with van der Waals surface area (Å²) in [4.78, 5) is 14.3. The molecule has 94 valence electrons. The van der Waals surface area contributed by atoms with Crippen molar-refractivity contribution in [3.05, 3.63) is 21.4 Å². The molecule has 0 spiro atoms. The monoisotopic (exact) mass is 254 g/mol. The van der Waals surface area contributed by atoms with Gasteiger partial charge in [-0.05, 0) is 25.5 Å². The van der Waals surface area contributed by atoms with Gasteiger partial charge in [0.2, 0.25) is 0 Å². The van der Waals surface area contributed by atoms with Crippen LogP contribution in [0.2, 0.25) is 0 Å². The van der Waals surface area contributed by atoms with Crippen LogP contribution in [0.5, 0.6) is 0 Å². The third-order valence-electron chi connectivity index (χ3n) is 2.87. The van der Waals surface area contributed by atoms with Crippen LogP contribution in [0.4, 0.5) is 0 Å². The molecule has 1 fully saturated rings. The Morgan fingerprint density at radius 2 is 2.47 bits per heavy atom. The van der Waals surface area contributed by atoms with E-state index in [4.69, 9.17) is 4.74 Å². The van der Waals surface area contributed by atoms with E-state index in [0.717, 1.165) is 6.54 Å². The van der Waals surface area contributed by atoms with Crippen molar-refractivity contribution in [2.75, 3.05) is 19.7 Å². The van der Waals surface area contributed by atoms with Gasteiger partial charge in [-0.15, -0.1) is 11.3 Å². The summed E-state index contributed by atoms with van der Waals surface area (Å²) >= 11 is 1.73. The Morgan fingerprint density at radius 1 is 1.65 bits per heavy atom. The first-order chi connectivity index (χ1) is 8.16. The summed E-state index contributed by atoms with van der Waals surface area (Å²) in [5.41, 5.74) is 1.29. The van der Waals surface area contributed by atoms with Crippen molar-refractivity contribution in [2.45, 2.75) is 26.5 Å². The number of thiophene rings is 1. The van der Waals surface area contributed by atoms with Gasteiger partial charge >= 0.3 is 0 Å². The van der Waals surface area contributed by atoms with Crippen LogP contribution >= 0.6 is 11.3 Å². The van der Waals surface area contributed by atoms with Crippen LogP contribution in [-0.4, -0.2) is 31.7 Å². The number of rotatable bonds is 3. The van der Waals surface area contributed by atoms with Crippen LogP contribution in [0, 0.1) is 13.8 Å². The van der Waals surface area contributed by atoms with E-state index in [9.17, 15) is 4.79 Å². The Bertz CT molecular complexity index is 378. The fraction of sp³-hybridized carbons (Fsp3) is 0.583. The van der Waals surface area contributed by atoms with Gasteiger partial charge in [0, 0.05) is 22.8 Å². The smallest absolute Gasteiger partial charge is 0.250 e. The van der Waals surface area contributed by atoms with Gasteiger partial charge in [-0.3, -0.25) is 4.79 Å². The lowest BCUT2D eigenvalue weighted by Gasteiger charge is -2.22. The van der Waals surface area contributed by atoms with Crippen LogP contribution in [0.25, 0.3) is 0 Å². The van der Waals surface area contributed by atoms with E-state index in [2.05, 4.69) is 30.5 Å². The molecule has 1 amide bonds. The average Bonchev–Trinajstić information content (AvgIpc) is 2.67. The van der Waals surface area contributed by atoms with Gasteiger partial charge < -0.3 is 15.4 Å². The van der Waals surface area contributed by atoms with Crippen molar-refractivity contribution in [1.29, 1.82) is 0 Å². The summed E-state index contributed by atoms with van der Waals surface area (Å²) in [6, 6.07) is 2.13. The van der Waals surface area contributed by atoms with Crippen molar-refractivity contribution in [3.8, 4) is 0 Å². The van der Waals surface area contributed by atoms with Gasteiger partial charge in [0.25, 0.3) is 5.91 Å². The SMILES string of the molecule is Cc1cc(CNC(=O)C2CNCCO2)sc1C. The number of morpholine rings is 1. The lowest BCUT2D eigenvalue weighted by molar-refractivity contribution is -0.134. The summed E-state index contributed by atoms with van der Waals surface area (Å²) in [5.74, 6) is -0.0269. The highest BCUT2D eigenvalue weighted by Gasteiger charge is 2.21. The summed E-state index contributed by atoms with van der Waals surface area (Å²) in [6.07, 6.45) is -0.342. The third kappa shape index (κ3) is 3.28. The van der Waals surface area contributed by atoms with E-state index < -0.39 is 0 Å². The van der Waals surface area contributed by atoms with Crippen molar-refractivity contribution < 1.29 is 9.53 Å². The van der Waals surface area contributed by atoms with Gasteiger partial charge in [-0.1, -0.05) is 0 Å². The van der Waals surface area contributed by atoms with Crippen LogP contribution in [0.3, 0.4) is 0 Å². The standard InChI is InChI=1S/C12H18N2O2S/c1-8-5-10(17-9(8)2)6-14-12(15)11-7-13-3-4-16-11/h5,11,13H,3-4,6-7H2,1-2H3,(H,14,15). The zero-order valence-electron chi connectivity index (χ0n) is 10.2. The van der Waals surface area contributed by atoms with E-state index in [1.165, 1.54) is 15.3 Å². The molecule has 2 rings (SSSR count). The first kappa shape index (κ1) is 12.5. The highest BCUT2D eigenvalue weighted by molar-refractivity contribution is 7.12. The number of nitrogens with one attached hydrogen (secondary N) is 2. The molecule has 1 aliphatic rings. The first-order valence-corrected chi connectivity index (χ1v) is 6.64. The summed E-state index contributed by atoms with van der Waals surface area (Å²) in [6.45, 7) is 6.82. The summed E-state index contributed by atoms with van der Waals surface area (Å²) in [5, 5.41) is 6.06. The number of ether oxygens (including phenoxy) is 1. The minimum Gasteiger partial charge on any atom is -0.366 e. The quantitative estimate of drug-likeness (QED) is 0.845. The van der Waals surface area contributed by atoms with Crippen LogP contribution < -0.4 is 10.6 Å². The summed E-state index contributed by atoms with van der Waals surface area (Å²) < 4.78 is 5.39. The highest BCUT2D eigenvalue weighted by Crippen LogP contribution is 2.20. The fourth-order valence-corrected chi connectivity index (χ4v) is 2.75. The Balaban J connectivity index is 1.83. The molecule has 1 aliphatic heterocycles. The molecule has 0 saturated carbocycles. The molecule has 1 saturated heterocycles. The number of carbonyl (C=O) groups is 1. The molecule has 17 heavy (non-hydrogen) atoms. The molecular formula is C12H18N2O2S. The second-order valence-corrected chi connectivity index (χ2v) is 5.57. The minimum absolute atomic E-state index is 0.0269. The highest BCUT2D eigenvalue weighted by atomic mass is 32.1. The number of hydrogen-bond acceptors (Lipinski definition) is 4. The van der Waals surface area contributed by atoms with E-state index in [1.54, 1.807) is 11.3 Å². The zero-order valence-corrected chi connectivity index (χ0v) is 11.0. The van der Waals surface area contributed by atoms with Crippen molar-refractivity contribution in [2.24, 2.45) is 0 Å². The number of carbonyl (C=O) groups excluding carboxylic acids is 1. The van der Waals surface area contributed by atoms with E-state index >= 15 is 0 Å². The van der Waals surface area contributed by atoms with E-state index in [0.29, 0.717) is 19.7 Å². The molecule has 1 aromatic rings. The maximum absolute atomic E-state index is 11.8. The van der Waals surface area contributed by atoms with Gasteiger partial charge in [0.1, 0.15) is 6.10 Å². The predicted molar refractivity (Wildman–Crippen MR) is 68.2 cm³/mol. The second kappa shape index (κ2) is 5.62. The summed E-state index contributed by atoms with van der Waals surface area (Å²) in [7, 11) is 0. The normalized spacial score (nSPS) is 20.2. The number of hydrogen-bond donors (Lipinski definition) is 2. The van der Waals surface area contributed by atoms with Crippen molar-refractivity contribution in [3.63, 3.8) is 0 Å². The zero-order chi connectivity index (χ0) is 12.3. The van der Waals surface area contributed by atoms with Crippen LogP contribution in [0.1, 0.15) is 15.3 Å².